The first-order valence-corrected chi connectivity index (χ1v) is 5.65. The number of hydrogen-bond donors (Lipinski definition) is 2. The van der Waals surface area contributed by atoms with Crippen molar-refractivity contribution in [3.05, 3.63) is 54.1 Å². The molecule has 1 aromatic carbocycles. The van der Waals surface area contributed by atoms with Crippen LogP contribution in [-0.2, 0) is 0 Å². The van der Waals surface area contributed by atoms with E-state index < -0.39 is 0 Å². The van der Waals surface area contributed by atoms with E-state index in [1.165, 1.54) is 5.56 Å². The van der Waals surface area contributed by atoms with E-state index in [9.17, 15) is 0 Å². The molecule has 1 aliphatic rings. The summed E-state index contributed by atoms with van der Waals surface area (Å²) in [6, 6.07) is 9.00. The zero-order chi connectivity index (χ0) is 11.4. The summed E-state index contributed by atoms with van der Waals surface area (Å²) >= 11 is 0. The molecular formula is C14H18N2. The molecule has 16 heavy (non-hydrogen) atoms. The quantitative estimate of drug-likeness (QED) is 0.808. The van der Waals surface area contributed by atoms with Crippen LogP contribution in [0.4, 0.5) is 5.69 Å². The smallest absolute Gasteiger partial charge is 0.0354 e. The van der Waals surface area contributed by atoms with E-state index in [2.05, 4.69) is 59.2 Å². The van der Waals surface area contributed by atoms with Crippen molar-refractivity contribution in [2.45, 2.75) is 12.0 Å². The predicted octanol–water partition coefficient (Wildman–Crippen LogP) is 2.53. The first-order valence-electron chi connectivity index (χ1n) is 5.65. The Bertz CT molecular complexity index is 390. The predicted molar refractivity (Wildman–Crippen MR) is 69.9 cm³/mol. The first-order chi connectivity index (χ1) is 7.85. The molecule has 2 unspecified atom stereocenters. The van der Waals surface area contributed by atoms with Crippen molar-refractivity contribution in [3.8, 4) is 0 Å². The fourth-order valence-electron chi connectivity index (χ4n) is 2.07. The van der Waals surface area contributed by atoms with Gasteiger partial charge in [0.15, 0.2) is 0 Å². The lowest BCUT2D eigenvalue weighted by molar-refractivity contribution is 0.603. The third-order valence-corrected chi connectivity index (χ3v) is 3.05. The van der Waals surface area contributed by atoms with Gasteiger partial charge in [-0.15, -0.1) is 0 Å². The zero-order valence-corrected chi connectivity index (χ0v) is 9.77. The van der Waals surface area contributed by atoms with Crippen molar-refractivity contribution >= 4 is 5.69 Å². The number of hydrogen-bond acceptors (Lipinski definition) is 2. The fourth-order valence-corrected chi connectivity index (χ4v) is 2.07. The van der Waals surface area contributed by atoms with Gasteiger partial charge in [-0.25, -0.2) is 0 Å². The Balaban J connectivity index is 2.22. The van der Waals surface area contributed by atoms with Crippen LogP contribution in [0, 0.1) is 0 Å². The summed E-state index contributed by atoms with van der Waals surface area (Å²) in [7, 11) is 3.94. The molecule has 0 heterocycles. The molecule has 84 valence electrons. The molecule has 0 aliphatic heterocycles. The van der Waals surface area contributed by atoms with E-state index >= 15 is 0 Å². The topological polar surface area (TPSA) is 24.1 Å². The van der Waals surface area contributed by atoms with Gasteiger partial charge in [-0.05, 0) is 24.7 Å². The lowest BCUT2D eigenvalue weighted by atomic mass is 9.88. The zero-order valence-electron chi connectivity index (χ0n) is 9.77. The van der Waals surface area contributed by atoms with Crippen LogP contribution in [0.2, 0.25) is 0 Å². The van der Waals surface area contributed by atoms with Crippen LogP contribution in [-0.4, -0.2) is 20.1 Å². The maximum absolute atomic E-state index is 3.33. The van der Waals surface area contributed by atoms with Crippen molar-refractivity contribution in [3.63, 3.8) is 0 Å². The Morgan fingerprint density at radius 2 is 1.62 bits per heavy atom. The monoisotopic (exact) mass is 214 g/mol. The number of rotatable bonds is 3. The summed E-state index contributed by atoms with van der Waals surface area (Å²) in [5.41, 5.74) is 2.50. The van der Waals surface area contributed by atoms with Gasteiger partial charge in [0.25, 0.3) is 0 Å². The number of likely N-dealkylation sites (N-methyl/N-ethyl adjacent to an activating group) is 1. The molecule has 0 radical (unpaired) electrons. The van der Waals surface area contributed by atoms with Crippen LogP contribution >= 0.6 is 0 Å². The highest BCUT2D eigenvalue weighted by molar-refractivity contribution is 5.46. The standard InChI is InChI=1S/C14H18N2/c1-15-12-9-7-11(8-10-12)13-5-3-4-6-14(13)16-2/h3-10,13-16H,1-2H3. The molecule has 0 saturated carbocycles. The second kappa shape index (κ2) is 4.99. The summed E-state index contributed by atoms with van der Waals surface area (Å²) in [6.45, 7) is 0. The molecule has 1 aliphatic carbocycles. The van der Waals surface area contributed by atoms with E-state index in [0.717, 1.165) is 5.69 Å². The highest BCUT2D eigenvalue weighted by Crippen LogP contribution is 2.25. The van der Waals surface area contributed by atoms with Crippen molar-refractivity contribution in [2.24, 2.45) is 0 Å². The SMILES string of the molecule is CNc1ccc(C2C=CC=CC2NC)cc1. The van der Waals surface area contributed by atoms with Crippen molar-refractivity contribution < 1.29 is 0 Å². The molecule has 2 nitrogen and oxygen atoms in total. The van der Waals surface area contributed by atoms with Gasteiger partial charge in [0.1, 0.15) is 0 Å². The van der Waals surface area contributed by atoms with Gasteiger partial charge in [-0.2, -0.15) is 0 Å². The highest BCUT2D eigenvalue weighted by Gasteiger charge is 2.18. The number of allylic oxidation sites excluding steroid dienone is 2. The Kier molecular flexibility index (Phi) is 3.42. The Morgan fingerprint density at radius 1 is 0.938 bits per heavy atom. The van der Waals surface area contributed by atoms with Crippen LogP contribution in [0.25, 0.3) is 0 Å². The Hall–Kier alpha value is -1.54. The molecule has 2 heteroatoms. The lowest BCUT2D eigenvalue weighted by Gasteiger charge is -2.24. The molecule has 0 fully saturated rings. The maximum atomic E-state index is 3.33. The second-order valence-corrected chi connectivity index (χ2v) is 3.98. The molecule has 1 aromatic rings. The van der Waals surface area contributed by atoms with Gasteiger partial charge in [-0.1, -0.05) is 36.4 Å². The largest absolute Gasteiger partial charge is 0.388 e. The van der Waals surface area contributed by atoms with Crippen LogP contribution in [0.5, 0.6) is 0 Å². The van der Waals surface area contributed by atoms with Gasteiger partial charge in [0.2, 0.25) is 0 Å². The molecular weight excluding hydrogens is 196 g/mol. The normalized spacial score (nSPS) is 23.4. The molecule has 0 amide bonds. The minimum Gasteiger partial charge on any atom is -0.388 e. The summed E-state index contributed by atoms with van der Waals surface area (Å²) < 4.78 is 0. The molecule has 0 spiro atoms. The van der Waals surface area contributed by atoms with Crippen molar-refractivity contribution in [2.75, 3.05) is 19.4 Å². The minimum atomic E-state index is 0.394. The summed E-state index contributed by atoms with van der Waals surface area (Å²) in [5, 5.41) is 6.46. The van der Waals surface area contributed by atoms with Crippen LogP contribution in [0.3, 0.4) is 0 Å². The Morgan fingerprint density at radius 3 is 2.25 bits per heavy atom. The molecule has 0 saturated heterocycles. The molecule has 0 bridgehead atoms. The van der Waals surface area contributed by atoms with Crippen molar-refractivity contribution in [1.82, 2.24) is 5.32 Å². The van der Waals surface area contributed by atoms with Gasteiger partial charge >= 0.3 is 0 Å². The average Bonchev–Trinajstić information content (AvgIpc) is 2.39. The van der Waals surface area contributed by atoms with Gasteiger partial charge < -0.3 is 10.6 Å². The van der Waals surface area contributed by atoms with Crippen LogP contribution in [0.1, 0.15) is 11.5 Å². The van der Waals surface area contributed by atoms with E-state index in [4.69, 9.17) is 0 Å². The average molecular weight is 214 g/mol. The number of anilines is 1. The van der Waals surface area contributed by atoms with Gasteiger partial charge in [-0.3, -0.25) is 0 Å². The van der Waals surface area contributed by atoms with E-state index in [1.54, 1.807) is 0 Å². The van der Waals surface area contributed by atoms with Gasteiger partial charge in [0, 0.05) is 24.7 Å². The van der Waals surface area contributed by atoms with Crippen LogP contribution in [0.15, 0.2) is 48.6 Å². The highest BCUT2D eigenvalue weighted by atomic mass is 14.9. The first kappa shape index (κ1) is 11.0. The third kappa shape index (κ3) is 2.17. The molecule has 2 N–H and O–H groups in total. The molecule has 2 atom stereocenters. The summed E-state index contributed by atoms with van der Waals surface area (Å²) in [5.74, 6) is 0.431. The van der Waals surface area contributed by atoms with Crippen LogP contribution < -0.4 is 10.6 Å². The summed E-state index contributed by atoms with van der Waals surface area (Å²) in [6.07, 6.45) is 8.66. The van der Waals surface area contributed by atoms with Crippen molar-refractivity contribution in [1.29, 1.82) is 0 Å². The van der Waals surface area contributed by atoms with E-state index in [0.29, 0.717) is 12.0 Å². The molecule has 0 aromatic heterocycles. The van der Waals surface area contributed by atoms with E-state index in [-0.39, 0.29) is 0 Å². The third-order valence-electron chi connectivity index (χ3n) is 3.05. The minimum absolute atomic E-state index is 0.394. The fraction of sp³-hybridized carbons (Fsp3) is 0.286. The summed E-state index contributed by atoms with van der Waals surface area (Å²) in [4.78, 5) is 0. The molecule has 2 rings (SSSR count). The second-order valence-electron chi connectivity index (χ2n) is 3.98. The van der Waals surface area contributed by atoms with E-state index in [1.807, 2.05) is 14.1 Å². The lowest BCUT2D eigenvalue weighted by Crippen LogP contribution is -2.30. The number of benzene rings is 1. The number of nitrogens with one attached hydrogen (secondary N) is 2. The Labute approximate surface area is 97.1 Å². The maximum Gasteiger partial charge on any atom is 0.0354 e. The van der Waals surface area contributed by atoms with Gasteiger partial charge in [0.05, 0.1) is 0 Å².